The predicted octanol–water partition coefficient (Wildman–Crippen LogP) is 0.666. The minimum absolute atomic E-state index is 0.179. The number of hydrogen-bond acceptors (Lipinski definition) is 4. The molecule has 1 aromatic carbocycles. The van der Waals surface area contributed by atoms with Gasteiger partial charge in [0.1, 0.15) is 5.75 Å². The fourth-order valence-corrected chi connectivity index (χ4v) is 3.85. The van der Waals surface area contributed by atoms with Crippen LogP contribution in [0.25, 0.3) is 0 Å². The van der Waals surface area contributed by atoms with Crippen molar-refractivity contribution in [3.8, 4) is 5.75 Å². The van der Waals surface area contributed by atoms with Crippen LogP contribution < -0.4 is 10.1 Å². The van der Waals surface area contributed by atoms with Crippen LogP contribution in [0.2, 0.25) is 0 Å². The van der Waals surface area contributed by atoms with Gasteiger partial charge in [0.15, 0.2) is 0 Å². The molecule has 1 saturated heterocycles. The standard InChI is InChI=1S/C14H23N3O3S/c1-12-10-17(8-7-15-12)21(18,19)16(2)11-13-5-4-6-14(9-13)20-3/h4-6,9,12,15H,7-8,10-11H2,1-3H3. The van der Waals surface area contributed by atoms with Gasteiger partial charge in [0.05, 0.1) is 7.11 Å². The second-order valence-corrected chi connectivity index (χ2v) is 7.36. The maximum atomic E-state index is 12.6. The molecule has 1 fully saturated rings. The van der Waals surface area contributed by atoms with Gasteiger partial charge in [-0.05, 0) is 24.6 Å². The fraction of sp³-hybridized carbons (Fsp3) is 0.571. The molecule has 0 amide bonds. The van der Waals surface area contributed by atoms with E-state index in [0.717, 1.165) is 11.3 Å². The average molecular weight is 313 g/mol. The summed E-state index contributed by atoms with van der Waals surface area (Å²) < 4.78 is 33.3. The summed E-state index contributed by atoms with van der Waals surface area (Å²) in [6.45, 7) is 4.02. The molecule has 0 saturated carbocycles. The molecular formula is C14H23N3O3S. The summed E-state index contributed by atoms with van der Waals surface area (Å²) in [7, 11) is -0.215. The molecule has 0 bridgehead atoms. The number of rotatable bonds is 5. The third-order valence-corrected chi connectivity index (χ3v) is 5.49. The van der Waals surface area contributed by atoms with Crippen molar-refractivity contribution in [1.29, 1.82) is 0 Å². The van der Waals surface area contributed by atoms with Crippen molar-refractivity contribution in [2.24, 2.45) is 0 Å². The molecule has 7 heteroatoms. The summed E-state index contributed by atoms with van der Waals surface area (Å²) >= 11 is 0. The molecule has 1 atom stereocenters. The van der Waals surface area contributed by atoms with E-state index in [2.05, 4.69) is 5.32 Å². The number of benzene rings is 1. The maximum Gasteiger partial charge on any atom is 0.282 e. The fourth-order valence-electron chi connectivity index (χ4n) is 2.41. The predicted molar refractivity (Wildman–Crippen MR) is 82.4 cm³/mol. The van der Waals surface area contributed by atoms with Gasteiger partial charge in [-0.3, -0.25) is 0 Å². The van der Waals surface area contributed by atoms with Crippen LogP contribution in [0.15, 0.2) is 24.3 Å². The van der Waals surface area contributed by atoms with Crippen LogP contribution in [-0.2, 0) is 16.8 Å². The monoisotopic (exact) mass is 313 g/mol. The van der Waals surface area contributed by atoms with E-state index in [4.69, 9.17) is 4.74 Å². The van der Waals surface area contributed by atoms with Crippen LogP contribution in [0.1, 0.15) is 12.5 Å². The van der Waals surface area contributed by atoms with E-state index < -0.39 is 10.2 Å². The summed E-state index contributed by atoms with van der Waals surface area (Å²) in [5.41, 5.74) is 0.906. The Balaban J connectivity index is 2.08. The zero-order valence-corrected chi connectivity index (χ0v) is 13.6. The molecule has 1 N–H and O–H groups in total. The van der Waals surface area contributed by atoms with Crippen molar-refractivity contribution in [2.75, 3.05) is 33.8 Å². The first-order valence-corrected chi connectivity index (χ1v) is 8.41. The quantitative estimate of drug-likeness (QED) is 0.868. The molecule has 1 aliphatic rings. The van der Waals surface area contributed by atoms with Gasteiger partial charge in [-0.25, -0.2) is 0 Å². The number of nitrogens with one attached hydrogen (secondary N) is 1. The second kappa shape index (κ2) is 6.74. The lowest BCUT2D eigenvalue weighted by molar-refractivity contribution is 0.287. The van der Waals surface area contributed by atoms with Crippen molar-refractivity contribution in [2.45, 2.75) is 19.5 Å². The molecule has 1 unspecified atom stereocenters. The number of ether oxygens (including phenoxy) is 1. The molecular weight excluding hydrogens is 290 g/mol. The Morgan fingerprint density at radius 1 is 1.48 bits per heavy atom. The van der Waals surface area contributed by atoms with Gasteiger partial charge < -0.3 is 10.1 Å². The zero-order chi connectivity index (χ0) is 15.5. The van der Waals surface area contributed by atoms with Crippen LogP contribution in [0.5, 0.6) is 5.75 Å². The molecule has 2 rings (SSSR count). The van der Waals surface area contributed by atoms with E-state index in [1.807, 2.05) is 31.2 Å². The number of piperazine rings is 1. The van der Waals surface area contributed by atoms with Gasteiger partial charge >= 0.3 is 0 Å². The highest BCUT2D eigenvalue weighted by Gasteiger charge is 2.30. The lowest BCUT2D eigenvalue weighted by Gasteiger charge is -2.33. The van der Waals surface area contributed by atoms with E-state index in [1.165, 1.54) is 8.61 Å². The Labute approximate surface area is 126 Å². The molecule has 1 aromatic rings. The first kappa shape index (κ1) is 16.2. The van der Waals surface area contributed by atoms with Crippen LogP contribution in [0.3, 0.4) is 0 Å². The third kappa shape index (κ3) is 3.94. The molecule has 0 aliphatic carbocycles. The number of nitrogens with zero attached hydrogens (tertiary/aromatic N) is 2. The molecule has 1 aliphatic heterocycles. The van der Waals surface area contributed by atoms with Gasteiger partial charge in [0, 0.05) is 39.3 Å². The Kier molecular flexibility index (Phi) is 5.21. The first-order valence-electron chi connectivity index (χ1n) is 7.01. The largest absolute Gasteiger partial charge is 0.497 e. The highest BCUT2D eigenvalue weighted by molar-refractivity contribution is 7.86. The van der Waals surface area contributed by atoms with Crippen LogP contribution in [-0.4, -0.2) is 56.9 Å². The Hall–Kier alpha value is -1.15. The van der Waals surface area contributed by atoms with Crippen LogP contribution in [0.4, 0.5) is 0 Å². The summed E-state index contributed by atoms with van der Waals surface area (Å²) in [4.78, 5) is 0. The average Bonchev–Trinajstić information content (AvgIpc) is 2.47. The van der Waals surface area contributed by atoms with Crippen molar-refractivity contribution in [3.05, 3.63) is 29.8 Å². The van der Waals surface area contributed by atoms with Gasteiger partial charge in [-0.1, -0.05) is 12.1 Å². The summed E-state index contributed by atoms with van der Waals surface area (Å²) in [6, 6.07) is 7.64. The minimum Gasteiger partial charge on any atom is -0.497 e. The SMILES string of the molecule is COc1cccc(CN(C)S(=O)(=O)N2CCNC(C)C2)c1. The summed E-state index contributed by atoms with van der Waals surface area (Å²) in [5, 5.41) is 3.25. The normalized spacial score (nSPS) is 20.7. The molecule has 0 spiro atoms. The van der Waals surface area contributed by atoms with E-state index in [9.17, 15) is 8.42 Å². The van der Waals surface area contributed by atoms with Crippen LogP contribution >= 0.6 is 0 Å². The zero-order valence-electron chi connectivity index (χ0n) is 12.7. The Morgan fingerprint density at radius 3 is 2.90 bits per heavy atom. The van der Waals surface area contributed by atoms with Gasteiger partial charge in [0.25, 0.3) is 10.2 Å². The lowest BCUT2D eigenvalue weighted by Crippen LogP contribution is -2.54. The topological polar surface area (TPSA) is 61.9 Å². The third-order valence-electron chi connectivity index (χ3n) is 3.59. The second-order valence-electron chi connectivity index (χ2n) is 5.33. The summed E-state index contributed by atoms with van der Waals surface area (Å²) in [5.74, 6) is 0.731. The van der Waals surface area contributed by atoms with Crippen molar-refractivity contribution in [1.82, 2.24) is 13.9 Å². The maximum absolute atomic E-state index is 12.6. The highest BCUT2D eigenvalue weighted by Crippen LogP contribution is 2.17. The van der Waals surface area contributed by atoms with E-state index in [-0.39, 0.29) is 6.04 Å². The Morgan fingerprint density at radius 2 is 2.24 bits per heavy atom. The lowest BCUT2D eigenvalue weighted by atomic mass is 10.2. The molecule has 0 radical (unpaired) electrons. The van der Waals surface area contributed by atoms with E-state index in [1.54, 1.807) is 14.2 Å². The molecule has 118 valence electrons. The van der Waals surface area contributed by atoms with E-state index >= 15 is 0 Å². The van der Waals surface area contributed by atoms with E-state index in [0.29, 0.717) is 26.2 Å². The number of methoxy groups -OCH3 is 1. The van der Waals surface area contributed by atoms with Gasteiger partial charge in [0.2, 0.25) is 0 Å². The molecule has 21 heavy (non-hydrogen) atoms. The first-order chi connectivity index (χ1) is 9.93. The van der Waals surface area contributed by atoms with Crippen molar-refractivity contribution in [3.63, 3.8) is 0 Å². The molecule has 0 aromatic heterocycles. The van der Waals surface area contributed by atoms with Crippen LogP contribution in [0, 0.1) is 0 Å². The Bertz CT molecular complexity index is 577. The minimum atomic E-state index is -3.43. The summed E-state index contributed by atoms with van der Waals surface area (Å²) in [6.07, 6.45) is 0. The molecule has 6 nitrogen and oxygen atoms in total. The molecule has 1 heterocycles. The van der Waals surface area contributed by atoms with Crippen molar-refractivity contribution < 1.29 is 13.2 Å². The number of hydrogen-bond donors (Lipinski definition) is 1. The van der Waals surface area contributed by atoms with Crippen molar-refractivity contribution >= 4 is 10.2 Å². The van der Waals surface area contributed by atoms with Gasteiger partial charge in [-0.2, -0.15) is 17.0 Å². The van der Waals surface area contributed by atoms with Gasteiger partial charge in [-0.15, -0.1) is 0 Å². The smallest absolute Gasteiger partial charge is 0.282 e. The highest BCUT2D eigenvalue weighted by atomic mass is 32.2.